The van der Waals surface area contributed by atoms with Crippen molar-refractivity contribution in [3.05, 3.63) is 229 Å². The Bertz CT molecular complexity index is 3040. The first-order chi connectivity index (χ1) is 30.4. The Hall–Kier alpha value is -7.68. The summed E-state index contributed by atoms with van der Waals surface area (Å²) in [6, 6.07) is 76.4. The van der Waals surface area contributed by atoms with E-state index in [-0.39, 0.29) is 0 Å². The Labute approximate surface area is 363 Å². The molecule has 0 N–H and O–H groups in total. The molecule has 0 amide bonds. The molecule has 11 rings (SSSR count). The Morgan fingerprint density at radius 3 is 0.758 bits per heavy atom. The van der Waals surface area contributed by atoms with Gasteiger partial charge in [0.1, 0.15) is 0 Å². The third kappa shape index (κ3) is 6.44. The molecular weight excluding hydrogens is 749 g/mol. The predicted octanol–water partition coefficient (Wildman–Crippen LogP) is 17.2. The maximum absolute atomic E-state index is 2.35. The van der Waals surface area contributed by atoms with Crippen LogP contribution in [-0.4, -0.2) is 0 Å². The van der Waals surface area contributed by atoms with Crippen LogP contribution < -0.4 is 9.80 Å². The van der Waals surface area contributed by atoms with E-state index in [0.29, 0.717) is 0 Å². The Morgan fingerprint density at radius 1 is 0.226 bits per heavy atom. The van der Waals surface area contributed by atoms with Crippen LogP contribution in [0.3, 0.4) is 0 Å². The molecule has 0 aliphatic carbocycles. The maximum Gasteiger partial charge on any atom is 0.0462 e. The Kier molecular flexibility index (Phi) is 9.09. The fourth-order valence-corrected chi connectivity index (χ4v) is 9.46. The van der Waals surface area contributed by atoms with Crippen LogP contribution in [0.1, 0.15) is 22.3 Å². The van der Waals surface area contributed by atoms with Crippen LogP contribution in [-0.2, 0) is 0 Å². The van der Waals surface area contributed by atoms with Crippen LogP contribution in [0.25, 0.3) is 65.3 Å². The number of fused-ring (bicyclic) bond motifs is 2. The predicted molar refractivity (Wildman–Crippen MR) is 267 cm³/mol. The van der Waals surface area contributed by atoms with Crippen molar-refractivity contribution in [2.75, 3.05) is 9.80 Å². The summed E-state index contributed by atoms with van der Waals surface area (Å²) in [6.45, 7) is 8.55. The normalized spacial score (nSPS) is 11.5. The second kappa shape index (κ2) is 15.1. The van der Waals surface area contributed by atoms with Gasteiger partial charge >= 0.3 is 0 Å². The second-order valence-corrected chi connectivity index (χ2v) is 16.9. The summed E-state index contributed by atoms with van der Waals surface area (Å²) in [4.78, 5) is 4.68. The molecule has 0 saturated heterocycles. The Balaban J connectivity index is 0.988. The topological polar surface area (TPSA) is 6.48 Å². The van der Waals surface area contributed by atoms with Crippen LogP contribution in [0.5, 0.6) is 0 Å². The third-order valence-electron chi connectivity index (χ3n) is 12.7. The molecular formula is C60H46N2. The minimum Gasteiger partial charge on any atom is -0.311 e. The highest BCUT2D eigenvalue weighted by atomic mass is 15.1. The van der Waals surface area contributed by atoms with Crippen molar-refractivity contribution in [2.45, 2.75) is 27.7 Å². The molecule has 0 bridgehead atoms. The van der Waals surface area contributed by atoms with E-state index in [9.17, 15) is 0 Å². The molecule has 11 aromatic rings. The largest absolute Gasteiger partial charge is 0.311 e. The van der Waals surface area contributed by atoms with Crippen molar-refractivity contribution < 1.29 is 0 Å². The van der Waals surface area contributed by atoms with Gasteiger partial charge in [0.25, 0.3) is 0 Å². The zero-order valence-electron chi connectivity index (χ0n) is 35.5. The van der Waals surface area contributed by atoms with Crippen molar-refractivity contribution in [2.24, 2.45) is 0 Å². The molecule has 0 fully saturated rings. The highest BCUT2D eigenvalue weighted by Crippen LogP contribution is 2.46. The molecule has 0 spiro atoms. The molecule has 0 aliphatic rings. The summed E-state index contributed by atoms with van der Waals surface area (Å²) in [6.07, 6.45) is 0. The van der Waals surface area contributed by atoms with Crippen LogP contribution in [0.4, 0.5) is 34.1 Å². The van der Waals surface area contributed by atoms with Gasteiger partial charge in [0.05, 0.1) is 0 Å². The highest BCUT2D eigenvalue weighted by molar-refractivity contribution is 6.35. The molecule has 0 radical (unpaired) electrons. The summed E-state index contributed by atoms with van der Waals surface area (Å²) in [5.41, 5.74) is 16.7. The van der Waals surface area contributed by atoms with Crippen molar-refractivity contribution in [1.82, 2.24) is 0 Å². The number of rotatable bonds is 8. The van der Waals surface area contributed by atoms with Gasteiger partial charge in [0.15, 0.2) is 0 Å². The second-order valence-electron chi connectivity index (χ2n) is 16.9. The summed E-state index contributed by atoms with van der Waals surface area (Å²) in [5, 5.41) is 10.3. The molecule has 2 nitrogen and oxygen atoms in total. The zero-order chi connectivity index (χ0) is 41.9. The molecule has 0 heterocycles. The summed E-state index contributed by atoms with van der Waals surface area (Å²) < 4.78 is 0. The van der Waals surface area contributed by atoms with Crippen LogP contribution in [0.15, 0.2) is 206 Å². The number of anilines is 6. The smallest absolute Gasteiger partial charge is 0.0462 e. The van der Waals surface area contributed by atoms with Gasteiger partial charge in [-0.25, -0.2) is 0 Å². The minimum atomic E-state index is 1.13. The van der Waals surface area contributed by atoms with Gasteiger partial charge in [-0.05, 0) is 166 Å². The van der Waals surface area contributed by atoms with Crippen LogP contribution in [0, 0.1) is 27.7 Å². The molecule has 0 saturated carbocycles. The molecule has 11 aromatic carbocycles. The van der Waals surface area contributed by atoms with E-state index in [1.165, 1.54) is 87.6 Å². The van der Waals surface area contributed by atoms with E-state index in [0.717, 1.165) is 34.1 Å². The minimum absolute atomic E-state index is 1.13. The molecule has 0 aliphatic heterocycles. The SMILES string of the molecule is Cc1ccc(N(c2ccc(C)cc2)c2ccc(-c3ccc4c5cccc6c(-c7ccc(N(c8ccc(C)cc8)c8ccc(C)cc8)cc7)ccc(c7cccc3c74)c65)cc2)cc1. The van der Waals surface area contributed by atoms with Crippen molar-refractivity contribution in [3.8, 4) is 22.3 Å². The fraction of sp³-hybridized carbons (Fsp3) is 0.0667. The number of nitrogens with zero attached hydrogens (tertiary/aromatic N) is 2. The molecule has 0 aromatic heterocycles. The lowest BCUT2D eigenvalue weighted by molar-refractivity contribution is 1.27. The lowest BCUT2D eigenvalue weighted by atomic mass is 9.85. The van der Waals surface area contributed by atoms with E-state index < -0.39 is 0 Å². The Morgan fingerprint density at radius 2 is 0.468 bits per heavy atom. The molecule has 0 unspecified atom stereocenters. The summed E-state index contributed by atoms with van der Waals surface area (Å²) in [7, 11) is 0. The van der Waals surface area contributed by atoms with Gasteiger partial charge in [0, 0.05) is 34.1 Å². The van der Waals surface area contributed by atoms with Crippen molar-refractivity contribution in [1.29, 1.82) is 0 Å². The lowest BCUT2D eigenvalue weighted by Crippen LogP contribution is -2.09. The standard InChI is InChI=1S/C60H46N2/c1-39-11-23-45(24-12-39)61(46-25-13-40(2)14-26-46)49-31-19-43(20-32-49)51-35-37-57-56-10-6-8-54-52(36-38-58(60(54)56)55-9-5-7-53(51)59(55)57)44-21-33-50(34-22-44)62(47-27-15-41(3)16-28-47)48-29-17-42(4)18-30-48/h5-38H,1-4H3. The zero-order valence-corrected chi connectivity index (χ0v) is 35.5. The van der Waals surface area contributed by atoms with Crippen molar-refractivity contribution in [3.63, 3.8) is 0 Å². The average Bonchev–Trinajstić information content (AvgIpc) is 3.31. The van der Waals surface area contributed by atoms with E-state index in [1.54, 1.807) is 0 Å². The van der Waals surface area contributed by atoms with E-state index in [1.807, 2.05) is 0 Å². The molecule has 0 atom stereocenters. The van der Waals surface area contributed by atoms with Gasteiger partial charge in [-0.2, -0.15) is 0 Å². The summed E-state index contributed by atoms with van der Waals surface area (Å²) >= 11 is 0. The highest BCUT2D eigenvalue weighted by Gasteiger charge is 2.19. The van der Waals surface area contributed by atoms with E-state index in [2.05, 4.69) is 244 Å². The molecule has 296 valence electrons. The number of hydrogen-bond donors (Lipinski definition) is 0. The van der Waals surface area contributed by atoms with E-state index >= 15 is 0 Å². The van der Waals surface area contributed by atoms with Gasteiger partial charge < -0.3 is 9.80 Å². The van der Waals surface area contributed by atoms with Gasteiger partial charge in [-0.3, -0.25) is 0 Å². The number of hydrogen-bond acceptors (Lipinski definition) is 2. The molecule has 62 heavy (non-hydrogen) atoms. The van der Waals surface area contributed by atoms with Gasteiger partial charge in [-0.15, -0.1) is 0 Å². The fourth-order valence-electron chi connectivity index (χ4n) is 9.46. The summed E-state index contributed by atoms with van der Waals surface area (Å²) in [5.74, 6) is 0. The lowest BCUT2D eigenvalue weighted by Gasteiger charge is -2.26. The number of aryl methyl sites for hydroxylation is 4. The first kappa shape index (κ1) is 37.3. The van der Waals surface area contributed by atoms with Crippen molar-refractivity contribution >= 4 is 77.2 Å². The average molecular weight is 795 g/mol. The quantitative estimate of drug-likeness (QED) is 0.112. The molecule has 2 heteroatoms. The van der Waals surface area contributed by atoms with Gasteiger partial charge in [-0.1, -0.05) is 156 Å². The van der Waals surface area contributed by atoms with Gasteiger partial charge in [0.2, 0.25) is 0 Å². The first-order valence-electron chi connectivity index (χ1n) is 21.6. The van der Waals surface area contributed by atoms with E-state index in [4.69, 9.17) is 0 Å². The van der Waals surface area contributed by atoms with Crippen LogP contribution >= 0.6 is 0 Å². The van der Waals surface area contributed by atoms with Crippen LogP contribution in [0.2, 0.25) is 0 Å². The number of benzene rings is 11. The monoisotopic (exact) mass is 794 g/mol. The first-order valence-corrected chi connectivity index (χ1v) is 21.6. The maximum atomic E-state index is 2.35. The third-order valence-corrected chi connectivity index (χ3v) is 12.7.